The molecule has 1 aliphatic heterocycles. The summed E-state index contributed by atoms with van der Waals surface area (Å²) in [6.45, 7) is 7.74. The number of hydrogen-bond donors (Lipinski definition) is 3. The first-order valence-electron chi connectivity index (χ1n) is 8.46. The third-order valence-corrected chi connectivity index (χ3v) is 4.75. The number of nitrogens with one attached hydrogen (secondary N) is 3. The van der Waals surface area contributed by atoms with Crippen molar-refractivity contribution < 1.29 is 9.59 Å². The molecule has 0 saturated carbocycles. The van der Waals surface area contributed by atoms with E-state index in [1.54, 1.807) is 24.3 Å². The summed E-state index contributed by atoms with van der Waals surface area (Å²) in [7, 11) is 0. The van der Waals surface area contributed by atoms with Crippen LogP contribution in [0.1, 0.15) is 37.6 Å². The maximum absolute atomic E-state index is 12.6. The van der Waals surface area contributed by atoms with Crippen molar-refractivity contribution in [2.75, 3.05) is 13.1 Å². The monoisotopic (exact) mass is 351 g/mol. The summed E-state index contributed by atoms with van der Waals surface area (Å²) in [5, 5.41) is 9.79. The van der Waals surface area contributed by atoms with Crippen LogP contribution in [0, 0.1) is 11.8 Å². The average Bonchev–Trinajstić information content (AvgIpc) is 2.54. The molecule has 1 aromatic rings. The Hall–Kier alpha value is -1.59. The number of carbonyl (C=O) groups excluding carboxylic acids is 2. The van der Waals surface area contributed by atoms with Gasteiger partial charge in [-0.2, -0.15) is 0 Å². The van der Waals surface area contributed by atoms with Gasteiger partial charge >= 0.3 is 0 Å². The molecule has 0 bridgehead atoms. The van der Waals surface area contributed by atoms with Crippen LogP contribution >= 0.6 is 11.6 Å². The number of hydrogen-bond acceptors (Lipinski definition) is 3. The normalized spacial score (nSPS) is 22.0. The Morgan fingerprint density at radius 1 is 1.25 bits per heavy atom. The molecule has 2 amide bonds. The van der Waals surface area contributed by atoms with E-state index in [4.69, 9.17) is 11.6 Å². The molecule has 5 nitrogen and oxygen atoms in total. The minimum atomic E-state index is -0.567. The number of carbonyl (C=O) groups is 2. The molecule has 3 unspecified atom stereocenters. The molecule has 0 aliphatic carbocycles. The zero-order chi connectivity index (χ0) is 17.7. The second-order valence-corrected chi connectivity index (χ2v) is 7.22. The van der Waals surface area contributed by atoms with Crippen LogP contribution < -0.4 is 16.0 Å². The zero-order valence-corrected chi connectivity index (χ0v) is 15.2. The minimum absolute atomic E-state index is 0.00638. The second-order valence-electron chi connectivity index (χ2n) is 6.79. The van der Waals surface area contributed by atoms with Crippen molar-refractivity contribution in [3.05, 3.63) is 34.9 Å². The highest BCUT2D eigenvalue weighted by molar-refractivity contribution is 6.30. The van der Waals surface area contributed by atoms with Crippen LogP contribution in [-0.4, -0.2) is 37.0 Å². The summed E-state index contributed by atoms with van der Waals surface area (Å²) in [5.41, 5.74) is 0.491. The van der Waals surface area contributed by atoms with Gasteiger partial charge in [0.25, 0.3) is 5.91 Å². The van der Waals surface area contributed by atoms with Gasteiger partial charge in [-0.15, -0.1) is 0 Å². The van der Waals surface area contributed by atoms with Crippen LogP contribution in [0.4, 0.5) is 0 Å². The van der Waals surface area contributed by atoms with E-state index in [1.165, 1.54) is 0 Å². The Balaban J connectivity index is 2.01. The number of halogens is 1. The molecule has 1 aromatic carbocycles. The molecule has 0 radical (unpaired) electrons. The van der Waals surface area contributed by atoms with E-state index >= 15 is 0 Å². The van der Waals surface area contributed by atoms with Crippen molar-refractivity contribution in [1.82, 2.24) is 16.0 Å². The fourth-order valence-corrected chi connectivity index (χ4v) is 2.94. The van der Waals surface area contributed by atoms with E-state index in [0.29, 0.717) is 16.5 Å². The summed E-state index contributed by atoms with van der Waals surface area (Å²) < 4.78 is 0. The lowest BCUT2D eigenvalue weighted by atomic mass is 9.93. The van der Waals surface area contributed by atoms with Gasteiger partial charge in [-0.1, -0.05) is 32.4 Å². The molecule has 0 spiro atoms. The largest absolute Gasteiger partial charge is 0.350 e. The molecule has 1 saturated heterocycles. The van der Waals surface area contributed by atoms with Crippen molar-refractivity contribution in [2.24, 2.45) is 11.8 Å². The summed E-state index contributed by atoms with van der Waals surface area (Å²) in [6, 6.07) is 6.16. The third-order valence-electron chi connectivity index (χ3n) is 4.50. The van der Waals surface area contributed by atoms with Gasteiger partial charge in [0.05, 0.1) is 0 Å². The lowest BCUT2D eigenvalue weighted by molar-refractivity contribution is -0.125. The Bertz CT molecular complexity index is 574. The Morgan fingerprint density at radius 3 is 2.50 bits per heavy atom. The van der Waals surface area contributed by atoms with Gasteiger partial charge in [-0.3, -0.25) is 9.59 Å². The van der Waals surface area contributed by atoms with E-state index < -0.39 is 6.04 Å². The quantitative estimate of drug-likeness (QED) is 0.761. The molecular weight excluding hydrogens is 326 g/mol. The van der Waals surface area contributed by atoms with E-state index in [1.807, 2.05) is 13.8 Å². The summed E-state index contributed by atoms with van der Waals surface area (Å²) in [6.07, 6.45) is 1.04. The summed E-state index contributed by atoms with van der Waals surface area (Å²) >= 11 is 5.84. The minimum Gasteiger partial charge on any atom is -0.350 e. The van der Waals surface area contributed by atoms with Gasteiger partial charge in [0.2, 0.25) is 5.91 Å². The number of rotatable bonds is 5. The number of piperidine rings is 1. The molecular formula is C18H26ClN3O2. The van der Waals surface area contributed by atoms with Gasteiger partial charge in [0.1, 0.15) is 6.04 Å². The lowest BCUT2D eigenvalue weighted by Crippen LogP contribution is -2.56. The van der Waals surface area contributed by atoms with Gasteiger partial charge < -0.3 is 16.0 Å². The molecule has 1 fully saturated rings. The Labute approximate surface area is 148 Å². The molecule has 0 aromatic heterocycles. The van der Waals surface area contributed by atoms with Crippen molar-refractivity contribution in [1.29, 1.82) is 0 Å². The zero-order valence-electron chi connectivity index (χ0n) is 14.4. The summed E-state index contributed by atoms with van der Waals surface area (Å²) in [5.74, 6) is 0.0197. The first-order valence-corrected chi connectivity index (χ1v) is 8.83. The molecule has 3 atom stereocenters. The highest BCUT2D eigenvalue weighted by Gasteiger charge is 2.29. The fraction of sp³-hybridized carbons (Fsp3) is 0.556. The first-order chi connectivity index (χ1) is 11.4. The standard InChI is InChI=1S/C18H26ClN3O2/c1-11(2)16(18(24)21-15-10-20-9-8-12(15)3)22-17(23)13-4-6-14(19)7-5-13/h4-7,11-12,15-16,20H,8-10H2,1-3H3,(H,21,24)(H,22,23). The molecule has 2 rings (SSSR count). The maximum Gasteiger partial charge on any atom is 0.251 e. The highest BCUT2D eigenvalue weighted by Crippen LogP contribution is 2.13. The van der Waals surface area contributed by atoms with Crippen molar-refractivity contribution in [2.45, 2.75) is 39.3 Å². The van der Waals surface area contributed by atoms with Gasteiger partial charge in [0.15, 0.2) is 0 Å². The smallest absolute Gasteiger partial charge is 0.251 e. The molecule has 6 heteroatoms. The van der Waals surface area contributed by atoms with Gasteiger partial charge in [-0.05, 0) is 49.1 Å². The van der Waals surface area contributed by atoms with Crippen molar-refractivity contribution in [3.8, 4) is 0 Å². The van der Waals surface area contributed by atoms with Crippen LogP contribution in [0.3, 0.4) is 0 Å². The molecule has 132 valence electrons. The van der Waals surface area contributed by atoms with Crippen molar-refractivity contribution >= 4 is 23.4 Å². The molecule has 3 N–H and O–H groups in total. The number of benzene rings is 1. The summed E-state index contributed by atoms with van der Waals surface area (Å²) in [4.78, 5) is 25.0. The third kappa shape index (κ3) is 4.95. The molecule has 1 heterocycles. The first kappa shape index (κ1) is 18.7. The van der Waals surface area contributed by atoms with E-state index in [-0.39, 0.29) is 23.8 Å². The van der Waals surface area contributed by atoms with Crippen LogP contribution in [0.5, 0.6) is 0 Å². The van der Waals surface area contributed by atoms with E-state index in [9.17, 15) is 9.59 Å². The predicted molar refractivity (Wildman–Crippen MR) is 96.1 cm³/mol. The average molecular weight is 352 g/mol. The van der Waals surface area contributed by atoms with Crippen LogP contribution in [0.15, 0.2) is 24.3 Å². The van der Waals surface area contributed by atoms with Gasteiger partial charge in [0, 0.05) is 23.2 Å². The van der Waals surface area contributed by atoms with Gasteiger partial charge in [-0.25, -0.2) is 0 Å². The fourth-order valence-electron chi connectivity index (χ4n) is 2.82. The van der Waals surface area contributed by atoms with E-state index in [2.05, 4.69) is 22.9 Å². The topological polar surface area (TPSA) is 70.2 Å². The lowest BCUT2D eigenvalue weighted by Gasteiger charge is -2.32. The van der Waals surface area contributed by atoms with Crippen molar-refractivity contribution in [3.63, 3.8) is 0 Å². The van der Waals surface area contributed by atoms with Crippen LogP contribution in [0.2, 0.25) is 5.02 Å². The molecule has 24 heavy (non-hydrogen) atoms. The second kappa shape index (κ2) is 8.49. The van der Waals surface area contributed by atoms with Crippen LogP contribution in [-0.2, 0) is 4.79 Å². The predicted octanol–water partition coefficient (Wildman–Crippen LogP) is 2.21. The Kier molecular flexibility index (Phi) is 6.63. The maximum atomic E-state index is 12.6. The molecule has 1 aliphatic rings. The van der Waals surface area contributed by atoms with E-state index in [0.717, 1.165) is 19.5 Å². The highest BCUT2D eigenvalue weighted by atomic mass is 35.5. The number of amides is 2. The Morgan fingerprint density at radius 2 is 1.92 bits per heavy atom. The SMILES string of the molecule is CC(C)C(NC(=O)c1ccc(Cl)cc1)C(=O)NC1CNCCC1C. The van der Waals surface area contributed by atoms with Crippen LogP contribution in [0.25, 0.3) is 0 Å².